The third-order valence-electron chi connectivity index (χ3n) is 8.10. The molecule has 0 unspecified atom stereocenters. The van der Waals surface area contributed by atoms with E-state index in [1.807, 2.05) is 26.2 Å². The Hall–Kier alpha value is -2.67. The molecule has 0 amide bonds. The number of benzene rings is 1. The van der Waals surface area contributed by atoms with Gasteiger partial charge >= 0.3 is 17.9 Å². The molecule has 7 nitrogen and oxygen atoms in total. The average molecular weight is 456 g/mol. The number of hydrogen-bond donors (Lipinski definition) is 1. The lowest BCUT2D eigenvalue weighted by molar-refractivity contribution is -0.146. The van der Waals surface area contributed by atoms with Crippen molar-refractivity contribution in [1.29, 1.82) is 0 Å². The summed E-state index contributed by atoms with van der Waals surface area (Å²) in [6.45, 7) is 3.75. The number of likely N-dealkylation sites (N-methyl/N-ethyl adjacent to an activating group) is 1. The van der Waals surface area contributed by atoms with E-state index in [9.17, 15) is 14.4 Å². The highest BCUT2D eigenvalue weighted by Gasteiger charge is 2.60. The summed E-state index contributed by atoms with van der Waals surface area (Å²) in [4.78, 5) is 36.6. The highest BCUT2D eigenvalue weighted by atomic mass is 16.5. The van der Waals surface area contributed by atoms with Crippen LogP contribution in [0.5, 0.6) is 5.75 Å². The Bertz CT molecular complexity index is 985. The lowest BCUT2D eigenvalue weighted by Crippen LogP contribution is -2.51. The molecule has 0 aromatic heterocycles. The number of aryl methyl sites for hydroxylation is 1. The lowest BCUT2D eigenvalue weighted by Gasteiger charge is -2.51. The quantitative estimate of drug-likeness (QED) is 0.412. The molecule has 3 aliphatic carbocycles. The van der Waals surface area contributed by atoms with Gasteiger partial charge in [0.05, 0.1) is 6.04 Å². The highest BCUT2D eigenvalue weighted by molar-refractivity contribution is 5.90. The van der Waals surface area contributed by atoms with Gasteiger partial charge < -0.3 is 19.5 Å². The largest absolute Gasteiger partial charge is 0.478 e. The van der Waals surface area contributed by atoms with E-state index in [2.05, 4.69) is 17.9 Å². The third kappa shape index (κ3) is 4.43. The van der Waals surface area contributed by atoms with Crippen molar-refractivity contribution < 1.29 is 29.0 Å². The Morgan fingerprint density at radius 3 is 2.61 bits per heavy atom. The first-order chi connectivity index (χ1) is 15.6. The molecule has 7 heteroatoms. The van der Waals surface area contributed by atoms with E-state index in [0.717, 1.165) is 44.3 Å². The molecule has 0 spiro atoms. The smallest absolute Gasteiger partial charge is 0.331 e. The van der Waals surface area contributed by atoms with Gasteiger partial charge in [0.15, 0.2) is 0 Å². The molecular formula is C26H33NO6. The van der Waals surface area contributed by atoms with Crippen LogP contribution in [0.3, 0.4) is 0 Å². The van der Waals surface area contributed by atoms with Gasteiger partial charge in [0, 0.05) is 19.1 Å². The molecule has 0 aliphatic heterocycles. The van der Waals surface area contributed by atoms with E-state index >= 15 is 0 Å². The van der Waals surface area contributed by atoms with Gasteiger partial charge in [0.2, 0.25) is 0 Å². The van der Waals surface area contributed by atoms with Gasteiger partial charge in [-0.2, -0.15) is 0 Å². The number of rotatable bonds is 5. The van der Waals surface area contributed by atoms with E-state index in [1.54, 1.807) is 0 Å². The van der Waals surface area contributed by atoms with Crippen LogP contribution in [0.15, 0.2) is 30.4 Å². The second-order valence-corrected chi connectivity index (χ2v) is 10.2. The number of carboxylic acid groups (broad SMARTS) is 1. The second-order valence-electron chi connectivity index (χ2n) is 10.2. The molecule has 1 aromatic rings. The van der Waals surface area contributed by atoms with Gasteiger partial charge in [-0.05, 0) is 92.6 Å². The maximum absolute atomic E-state index is 12.3. The Morgan fingerprint density at radius 2 is 1.94 bits per heavy atom. The summed E-state index contributed by atoms with van der Waals surface area (Å²) in [6.07, 6.45) is 6.45. The molecule has 178 valence electrons. The van der Waals surface area contributed by atoms with E-state index in [0.29, 0.717) is 23.5 Å². The maximum atomic E-state index is 12.3. The van der Waals surface area contributed by atoms with Crippen molar-refractivity contribution in [2.75, 3.05) is 14.1 Å². The minimum atomic E-state index is -1.16. The molecule has 2 fully saturated rings. The van der Waals surface area contributed by atoms with Crippen molar-refractivity contribution in [2.24, 2.45) is 17.3 Å². The molecule has 1 aromatic carbocycles. The van der Waals surface area contributed by atoms with Gasteiger partial charge in [-0.1, -0.05) is 13.0 Å². The molecule has 3 aliphatic rings. The van der Waals surface area contributed by atoms with E-state index < -0.39 is 11.9 Å². The van der Waals surface area contributed by atoms with Crippen molar-refractivity contribution >= 4 is 17.9 Å². The summed E-state index contributed by atoms with van der Waals surface area (Å²) in [6, 6.07) is 6.11. The zero-order valence-electron chi connectivity index (χ0n) is 19.7. The fourth-order valence-electron chi connectivity index (χ4n) is 7.11. The predicted molar refractivity (Wildman–Crippen MR) is 122 cm³/mol. The van der Waals surface area contributed by atoms with Gasteiger partial charge in [0.1, 0.15) is 11.9 Å². The summed E-state index contributed by atoms with van der Waals surface area (Å²) in [5.74, 6) is -0.110. The van der Waals surface area contributed by atoms with Gasteiger partial charge in [-0.15, -0.1) is 0 Å². The summed E-state index contributed by atoms with van der Waals surface area (Å²) in [5, 5.41) is 8.82. The van der Waals surface area contributed by atoms with Crippen LogP contribution >= 0.6 is 0 Å². The van der Waals surface area contributed by atoms with Crippen LogP contribution in [0.1, 0.15) is 56.6 Å². The second kappa shape index (κ2) is 8.93. The summed E-state index contributed by atoms with van der Waals surface area (Å²) in [7, 11) is 4.07. The molecule has 4 rings (SSSR count). The van der Waals surface area contributed by atoms with Crippen molar-refractivity contribution in [2.45, 2.75) is 64.0 Å². The summed E-state index contributed by atoms with van der Waals surface area (Å²) in [5.41, 5.74) is 2.64. The van der Waals surface area contributed by atoms with E-state index in [4.69, 9.17) is 14.6 Å². The van der Waals surface area contributed by atoms with Gasteiger partial charge in [0.25, 0.3) is 0 Å². The normalized spacial score (nSPS) is 32.7. The van der Waals surface area contributed by atoms with E-state index in [-0.39, 0.29) is 23.5 Å². The molecule has 33 heavy (non-hydrogen) atoms. The number of hydrogen-bond acceptors (Lipinski definition) is 6. The predicted octanol–water partition coefficient (Wildman–Crippen LogP) is 3.56. The number of carbonyl (C=O) groups is 3. The monoisotopic (exact) mass is 455 g/mol. The van der Waals surface area contributed by atoms with Crippen LogP contribution in [0.4, 0.5) is 0 Å². The van der Waals surface area contributed by atoms with Crippen LogP contribution in [0.25, 0.3) is 0 Å². The van der Waals surface area contributed by atoms with Crippen molar-refractivity contribution in [3.63, 3.8) is 0 Å². The van der Waals surface area contributed by atoms with E-state index in [1.165, 1.54) is 18.1 Å². The Kier molecular flexibility index (Phi) is 6.36. The third-order valence-corrected chi connectivity index (χ3v) is 8.10. The number of esters is 2. The van der Waals surface area contributed by atoms with Gasteiger partial charge in [-0.3, -0.25) is 4.79 Å². The molecule has 1 N–H and O–H groups in total. The minimum absolute atomic E-state index is 0.0152. The molecule has 0 radical (unpaired) electrons. The maximum Gasteiger partial charge on any atom is 0.331 e. The van der Waals surface area contributed by atoms with Crippen LogP contribution < -0.4 is 4.74 Å². The molecule has 0 bridgehead atoms. The van der Waals surface area contributed by atoms with Crippen LogP contribution in [0, 0.1) is 17.3 Å². The Labute approximate surface area is 194 Å². The first-order valence-corrected chi connectivity index (χ1v) is 11.7. The number of nitrogens with zero attached hydrogens (tertiary/aromatic N) is 1. The number of carboxylic acids is 1. The first kappa shape index (κ1) is 23.5. The van der Waals surface area contributed by atoms with Crippen molar-refractivity contribution in [3.05, 3.63) is 41.5 Å². The Balaban J connectivity index is 1.58. The number of ether oxygens (including phenoxy) is 2. The standard InChI is InChI=1S/C26H33NO6/c1-15(28)32-17-6-8-18-16(13-17)5-7-20-19(18)11-12-26(2)21(20)14-22(25(26)27(3)4)33-24(31)10-9-23(29)30/h6,8-10,13,19-22,25H,5,7,11-12,14H2,1-4H3,(H,29,30)/b10-9-/t19-,20-,21+,22-,25+,26+/m1/s1. The minimum Gasteiger partial charge on any atom is -0.478 e. The van der Waals surface area contributed by atoms with Crippen LogP contribution in [-0.2, 0) is 25.5 Å². The summed E-state index contributed by atoms with van der Waals surface area (Å²) < 4.78 is 11.1. The van der Waals surface area contributed by atoms with Crippen LogP contribution in [0.2, 0.25) is 0 Å². The molecular weight excluding hydrogens is 422 g/mol. The number of aliphatic carboxylic acids is 1. The number of fused-ring (bicyclic) bond motifs is 5. The summed E-state index contributed by atoms with van der Waals surface area (Å²) >= 11 is 0. The SMILES string of the molecule is CC(=O)Oc1ccc2c(c1)CC[C@@H]1[C@@H]2CC[C@]2(C)[C@@H](N(C)C)[C@H](OC(=O)/C=C\C(=O)O)C[C@@H]12. The first-order valence-electron chi connectivity index (χ1n) is 11.7. The van der Waals surface area contributed by atoms with Crippen molar-refractivity contribution in [1.82, 2.24) is 4.90 Å². The zero-order valence-corrected chi connectivity index (χ0v) is 19.7. The van der Waals surface area contributed by atoms with Crippen molar-refractivity contribution in [3.8, 4) is 5.75 Å². The zero-order chi connectivity index (χ0) is 23.9. The molecule has 2 saturated carbocycles. The number of carbonyl (C=O) groups excluding carboxylic acids is 2. The fraction of sp³-hybridized carbons (Fsp3) is 0.577. The lowest BCUT2D eigenvalue weighted by atomic mass is 9.55. The molecule has 6 atom stereocenters. The van der Waals surface area contributed by atoms with Crippen LogP contribution in [-0.4, -0.2) is 54.2 Å². The molecule has 0 heterocycles. The molecule has 0 saturated heterocycles. The topological polar surface area (TPSA) is 93.1 Å². The highest BCUT2D eigenvalue weighted by Crippen LogP contribution is 2.62. The average Bonchev–Trinajstić information content (AvgIpc) is 3.03. The fourth-order valence-corrected chi connectivity index (χ4v) is 7.11. The van der Waals surface area contributed by atoms with Gasteiger partial charge in [-0.25, -0.2) is 9.59 Å². The Morgan fingerprint density at radius 1 is 1.18 bits per heavy atom.